The summed E-state index contributed by atoms with van der Waals surface area (Å²) in [6.45, 7) is 5.09. The molecule has 0 spiro atoms. The van der Waals surface area contributed by atoms with Crippen LogP contribution in [0.5, 0.6) is 0 Å². The maximum Gasteiger partial charge on any atom is 0.258 e. The van der Waals surface area contributed by atoms with Crippen LogP contribution < -0.4 is 5.73 Å². The monoisotopic (exact) mass is 318 g/mol. The molecule has 1 aliphatic rings. The Morgan fingerprint density at radius 2 is 2.08 bits per heavy atom. The first kappa shape index (κ1) is 14.6. The van der Waals surface area contributed by atoms with Gasteiger partial charge in [0.05, 0.1) is 29.0 Å². The van der Waals surface area contributed by atoms with Gasteiger partial charge in [0, 0.05) is 34.9 Å². The fourth-order valence-corrected chi connectivity index (χ4v) is 3.24. The number of nitrogens with two attached hydrogens (primary N) is 1. The summed E-state index contributed by atoms with van der Waals surface area (Å²) in [5, 5.41) is 0.818. The second-order valence-corrected chi connectivity index (χ2v) is 6.06. The fourth-order valence-electron chi connectivity index (χ4n) is 3.24. The molecule has 1 aromatic carbocycles. The molecule has 0 radical (unpaired) electrons. The highest BCUT2D eigenvalue weighted by Gasteiger charge is 2.31. The third-order valence-electron chi connectivity index (χ3n) is 4.58. The summed E-state index contributed by atoms with van der Waals surface area (Å²) in [5.74, 6) is -0.0261. The van der Waals surface area contributed by atoms with Crippen molar-refractivity contribution in [2.75, 3.05) is 12.3 Å². The van der Waals surface area contributed by atoms with E-state index in [4.69, 9.17) is 10.7 Å². The lowest BCUT2D eigenvalue weighted by Crippen LogP contribution is -2.23. The normalized spacial score (nSPS) is 13.6. The maximum absolute atomic E-state index is 12.5. The van der Waals surface area contributed by atoms with Gasteiger partial charge < -0.3 is 10.6 Å². The number of rotatable bonds is 2. The number of aromatic nitrogens is 2. The van der Waals surface area contributed by atoms with E-state index in [1.54, 1.807) is 4.90 Å². The maximum atomic E-state index is 12.5. The van der Waals surface area contributed by atoms with Gasteiger partial charge in [-0.3, -0.25) is 9.78 Å². The van der Waals surface area contributed by atoms with Crippen LogP contribution in [-0.2, 0) is 6.54 Å². The van der Waals surface area contributed by atoms with Crippen molar-refractivity contribution in [2.45, 2.75) is 20.4 Å². The molecule has 3 aromatic rings. The Kier molecular flexibility index (Phi) is 3.23. The smallest absolute Gasteiger partial charge is 0.258 e. The summed E-state index contributed by atoms with van der Waals surface area (Å²) in [7, 11) is 0. The van der Waals surface area contributed by atoms with Gasteiger partial charge in [0.25, 0.3) is 5.91 Å². The molecule has 0 fully saturated rings. The van der Waals surface area contributed by atoms with Crippen molar-refractivity contribution in [3.05, 3.63) is 53.5 Å². The third kappa shape index (κ3) is 2.05. The zero-order chi connectivity index (χ0) is 16.8. The standard InChI is InChI=1S/C19H18N4O/c1-3-23-10-15-16(19(23)24)17(20)14-6-4-5-13(18(14)22-15)12-8-7-11(2)21-9-12/h4-9H,3,10H2,1-2H3,(H2,20,22). The van der Waals surface area contributed by atoms with E-state index in [1.807, 2.05) is 50.4 Å². The van der Waals surface area contributed by atoms with Crippen LogP contribution in [0.3, 0.4) is 0 Å². The Morgan fingerprint density at radius 3 is 2.79 bits per heavy atom. The molecule has 2 aromatic heterocycles. The van der Waals surface area contributed by atoms with Gasteiger partial charge in [-0.25, -0.2) is 4.98 Å². The fraction of sp³-hybridized carbons (Fsp3) is 0.211. The molecule has 120 valence electrons. The van der Waals surface area contributed by atoms with Gasteiger partial charge in [-0.05, 0) is 19.9 Å². The van der Waals surface area contributed by atoms with Crippen LogP contribution in [0.1, 0.15) is 28.7 Å². The summed E-state index contributed by atoms with van der Waals surface area (Å²) >= 11 is 0. The number of benzene rings is 1. The molecule has 1 aliphatic heterocycles. The van der Waals surface area contributed by atoms with Crippen LogP contribution in [0.25, 0.3) is 22.0 Å². The lowest BCUT2D eigenvalue weighted by atomic mass is 10.00. The van der Waals surface area contributed by atoms with Crippen LogP contribution >= 0.6 is 0 Å². The zero-order valence-electron chi connectivity index (χ0n) is 13.7. The number of aryl methyl sites for hydroxylation is 1. The molecule has 0 unspecified atom stereocenters. The number of amides is 1. The number of hydrogen-bond donors (Lipinski definition) is 1. The van der Waals surface area contributed by atoms with E-state index >= 15 is 0 Å². The highest BCUT2D eigenvalue weighted by Crippen LogP contribution is 2.36. The minimum atomic E-state index is -0.0261. The summed E-state index contributed by atoms with van der Waals surface area (Å²) in [4.78, 5) is 23.4. The van der Waals surface area contributed by atoms with Crippen molar-refractivity contribution in [3.8, 4) is 11.1 Å². The Bertz CT molecular complexity index is 963. The quantitative estimate of drug-likeness (QED) is 0.788. The lowest BCUT2D eigenvalue weighted by Gasteiger charge is -2.11. The van der Waals surface area contributed by atoms with Gasteiger partial charge in [-0.15, -0.1) is 0 Å². The molecule has 0 atom stereocenters. The van der Waals surface area contributed by atoms with Gasteiger partial charge >= 0.3 is 0 Å². The van der Waals surface area contributed by atoms with Gasteiger partial charge in [-0.2, -0.15) is 0 Å². The summed E-state index contributed by atoms with van der Waals surface area (Å²) in [6.07, 6.45) is 1.85. The SMILES string of the molecule is CCN1Cc2nc3c(-c4ccc(C)nc4)cccc3c(N)c2C1=O. The third-order valence-corrected chi connectivity index (χ3v) is 4.58. The number of fused-ring (bicyclic) bond motifs is 2. The molecule has 0 bridgehead atoms. The molecule has 24 heavy (non-hydrogen) atoms. The number of carbonyl (C=O) groups is 1. The number of nitrogens with zero attached hydrogens (tertiary/aromatic N) is 3. The predicted octanol–water partition coefficient (Wildman–Crippen LogP) is 3.16. The number of para-hydroxylation sites is 1. The van der Waals surface area contributed by atoms with Crippen molar-refractivity contribution in [2.24, 2.45) is 0 Å². The molecule has 5 heteroatoms. The van der Waals surface area contributed by atoms with E-state index in [9.17, 15) is 4.79 Å². The largest absolute Gasteiger partial charge is 0.397 e. The van der Waals surface area contributed by atoms with Crippen LogP contribution in [-0.4, -0.2) is 27.3 Å². The van der Waals surface area contributed by atoms with Crippen molar-refractivity contribution in [1.82, 2.24) is 14.9 Å². The van der Waals surface area contributed by atoms with E-state index in [0.717, 1.165) is 33.4 Å². The zero-order valence-corrected chi connectivity index (χ0v) is 13.7. The summed E-state index contributed by atoms with van der Waals surface area (Å²) in [5.41, 5.74) is 12.0. The molecule has 3 heterocycles. The van der Waals surface area contributed by atoms with Gasteiger partial charge in [0.1, 0.15) is 0 Å². The van der Waals surface area contributed by atoms with Crippen LogP contribution in [0, 0.1) is 6.92 Å². The number of nitrogen functional groups attached to an aromatic ring is 1. The van der Waals surface area contributed by atoms with Gasteiger partial charge in [-0.1, -0.05) is 24.3 Å². The average molecular weight is 318 g/mol. The van der Waals surface area contributed by atoms with Crippen molar-refractivity contribution >= 4 is 22.5 Å². The Balaban J connectivity index is 1.98. The number of carbonyl (C=O) groups excluding carboxylic acids is 1. The Morgan fingerprint density at radius 1 is 1.25 bits per heavy atom. The highest BCUT2D eigenvalue weighted by molar-refractivity contribution is 6.11. The minimum absolute atomic E-state index is 0.0261. The highest BCUT2D eigenvalue weighted by atomic mass is 16.2. The first-order valence-corrected chi connectivity index (χ1v) is 8.03. The molecule has 0 saturated heterocycles. The van der Waals surface area contributed by atoms with Crippen LogP contribution in [0.15, 0.2) is 36.5 Å². The lowest BCUT2D eigenvalue weighted by molar-refractivity contribution is 0.0787. The Hall–Kier alpha value is -2.95. The van der Waals surface area contributed by atoms with Gasteiger partial charge in [0.2, 0.25) is 0 Å². The number of pyridine rings is 2. The summed E-state index contributed by atoms with van der Waals surface area (Å²) < 4.78 is 0. The van der Waals surface area contributed by atoms with E-state index in [2.05, 4.69) is 4.98 Å². The molecular formula is C19H18N4O. The second kappa shape index (κ2) is 5.30. The van der Waals surface area contributed by atoms with Crippen molar-refractivity contribution in [1.29, 1.82) is 0 Å². The first-order valence-electron chi connectivity index (χ1n) is 8.03. The average Bonchev–Trinajstić information content (AvgIpc) is 2.92. The molecule has 1 amide bonds. The molecule has 0 saturated carbocycles. The van der Waals surface area contributed by atoms with Crippen molar-refractivity contribution < 1.29 is 4.79 Å². The van der Waals surface area contributed by atoms with Crippen LogP contribution in [0.4, 0.5) is 5.69 Å². The Labute approximate surface area is 140 Å². The minimum Gasteiger partial charge on any atom is -0.397 e. The van der Waals surface area contributed by atoms with Crippen molar-refractivity contribution in [3.63, 3.8) is 0 Å². The van der Waals surface area contributed by atoms with E-state index in [1.165, 1.54) is 0 Å². The topological polar surface area (TPSA) is 72.1 Å². The molecule has 2 N–H and O–H groups in total. The predicted molar refractivity (Wildman–Crippen MR) is 94.5 cm³/mol. The molecule has 5 nitrogen and oxygen atoms in total. The van der Waals surface area contributed by atoms with Crippen LogP contribution in [0.2, 0.25) is 0 Å². The van der Waals surface area contributed by atoms with E-state index in [-0.39, 0.29) is 5.91 Å². The van der Waals surface area contributed by atoms with Gasteiger partial charge in [0.15, 0.2) is 0 Å². The molecular weight excluding hydrogens is 300 g/mol. The molecule has 4 rings (SSSR count). The number of hydrogen-bond acceptors (Lipinski definition) is 4. The van der Waals surface area contributed by atoms with E-state index < -0.39 is 0 Å². The second-order valence-electron chi connectivity index (χ2n) is 6.06. The first-order chi connectivity index (χ1) is 11.6. The number of anilines is 1. The van der Waals surface area contributed by atoms with E-state index in [0.29, 0.717) is 24.3 Å². The summed E-state index contributed by atoms with van der Waals surface area (Å²) in [6, 6.07) is 9.89. The molecule has 0 aliphatic carbocycles.